The molecule has 0 saturated heterocycles. The summed E-state index contributed by atoms with van der Waals surface area (Å²) < 4.78 is 12.9. The van der Waals surface area contributed by atoms with Crippen molar-refractivity contribution in [1.29, 1.82) is 0 Å². The molecule has 0 radical (unpaired) electrons. The predicted octanol–water partition coefficient (Wildman–Crippen LogP) is 1.67. The number of carboxylic acid groups (broad SMARTS) is 1. The Morgan fingerprint density at radius 3 is 2.64 bits per heavy atom. The van der Waals surface area contributed by atoms with Crippen molar-refractivity contribution in [2.75, 3.05) is 0 Å². The van der Waals surface area contributed by atoms with Gasteiger partial charge in [0.05, 0.1) is 6.54 Å². The van der Waals surface area contributed by atoms with Crippen LogP contribution >= 0.6 is 0 Å². The van der Waals surface area contributed by atoms with Crippen molar-refractivity contribution < 1.29 is 23.9 Å². The van der Waals surface area contributed by atoms with Crippen molar-refractivity contribution in [2.45, 2.75) is 45.2 Å². The standard InChI is InChI=1S/C17H20FN3O4/c1-11(2-9-16(23)24)19-17(25)14-7-8-15(22)21(20-14)10-12-3-5-13(18)6-4-12/h3-6,11H,2,7-10H2,1H3,(H,19,25)(H,23,24). The molecular formula is C17H20FN3O4. The van der Waals surface area contributed by atoms with E-state index < -0.39 is 11.9 Å². The van der Waals surface area contributed by atoms with Gasteiger partial charge in [-0.3, -0.25) is 14.4 Å². The van der Waals surface area contributed by atoms with E-state index in [9.17, 15) is 18.8 Å². The molecule has 1 aromatic carbocycles. The van der Waals surface area contributed by atoms with E-state index in [4.69, 9.17) is 5.11 Å². The zero-order chi connectivity index (χ0) is 18.4. The fourth-order valence-electron chi connectivity index (χ4n) is 2.37. The Balaban J connectivity index is 1.99. The van der Waals surface area contributed by atoms with Crippen molar-refractivity contribution >= 4 is 23.5 Å². The second-order valence-electron chi connectivity index (χ2n) is 5.93. The fraction of sp³-hybridized carbons (Fsp3) is 0.412. The summed E-state index contributed by atoms with van der Waals surface area (Å²) in [6.07, 6.45) is 0.670. The SMILES string of the molecule is CC(CCC(=O)O)NC(=O)C1=NN(Cc2ccc(F)cc2)C(=O)CC1. The molecule has 7 nitrogen and oxygen atoms in total. The summed E-state index contributed by atoms with van der Waals surface area (Å²) in [5.41, 5.74) is 0.930. The number of carbonyl (C=O) groups excluding carboxylic acids is 2. The predicted molar refractivity (Wildman–Crippen MR) is 88.1 cm³/mol. The number of nitrogens with zero attached hydrogens (tertiary/aromatic N) is 2. The summed E-state index contributed by atoms with van der Waals surface area (Å²) in [4.78, 5) is 34.8. The highest BCUT2D eigenvalue weighted by molar-refractivity contribution is 6.39. The first kappa shape index (κ1) is 18.6. The van der Waals surface area contributed by atoms with Crippen LogP contribution in [-0.4, -0.2) is 39.7 Å². The number of carbonyl (C=O) groups is 3. The molecule has 1 heterocycles. The number of hydrogen-bond acceptors (Lipinski definition) is 4. The van der Waals surface area contributed by atoms with Gasteiger partial charge in [-0.05, 0) is 31.0 Å². The minimum atomic E-state index is -0.924. The summed E-state index contributed by atoms with van der Waals surface area (Å²) in [6.45, 7) is 1.87. The lowest BCUT2D eigenvalue weighted by molar-refractivity contribution is -0.137. The van der Waals surface area contributed by atoms with E-state index in [-0.39, 0.29) is 49.3 Å². The Morgan fingerprint density at radius 2 is 2.00 bits per heavy atom. The molecule has 0 bridgehead atoms. The minimum Gasteiger partial charge on any atom is -0.481 e. The first-order valence-electron chi connectivity index (χ1n) is 8.00. The number of aliphatic carboxylic acids is 1. The zero-order valence-electron chi connectivity index (χ0n) is 13.9. The molecule has 0 fully saturated rings. The van der Waals surface area contributed by atoms with Gasteiger partial charge in [-0.2, -0.15) is 5.10 Å². The average molecular weight is 349 g/mol. The van der Waals surface area contributed by atoms with Gasteiger partial charge in [0.1, 0.15) is 11.5 Å². The summed E-state index contributed by atoms with van der Waals surface area (Å²) in [5, 5.41) is 16.7. The third-order valence-corrected chi connectivity index (χ3v) is 3.78. The Kier molecular flexibility index (Phi) is 6.21. The molecular weight excluding hydrogens is 329 g/mol. The number of rotatable bonds is 7. The Hall–Kier alpha value is -2.77. The maximum atomic E-state index is 12.9. The van der Waals surface area contributed by atoms with Gasteiger partial charge in [-0.15, -0.1) is 0 Å². The number of nitrogens with one attached hydrogen (secondary N) is 1. The maximum Gasteiger partial charge on any atom is 0.303 e. The number of carboxylic acids is 1. The normalized spacial score (nSPS) is 15.5. The van der Waals surface area contributed by atoms with Crippen LogP contribution in [0.15, 0.2) is 29.4 Å². The molecule has 0 aliphatic carbocycles. The van der Waals surface area contributed by atoms with E-state index in [1.807, 2.05) is 0 Å². The monoisotopic (exact) mass is 349 g/mol. The number of benzene rings is 1. The fourth-order valence-corrected chi connectivity index (χ4v) is 2.37. The highest BCUT2D eigenvalue weighted by Crippen LogP contribution is 2.14. The molecule has 2 rings (SSSR count). The first-order chi connectivity index (χ1) is 11.8. The molecule has 1 aliphatic rings. The van der Waals surface area contributed by atoms with Crippen molar-refractivity contribution in [3.05, 3.63) is 35.6 Å². The molecule has 1 atom stereocenters. The third-order valence-electron chi connectivity index (χ3n) is 3.78. The molecule has 8 heteroatoms. The van der Waals surface area contributed by atoms with E-state index in [0.29, 0.717) is 12.0 Å². The van der Waals surface area contributed by atoms with Gasteiger partial charge < -0.3 is 10.4 Å². The molecule has 0 saturated carbocycles. The second kappa shape index (κ2) is 8.36. The van der Waals surface area contributed by atoms with Crippen LogP contribution in [0.3, 0.4) is 0 Å². The molecule has 2 N–H and O–H groups in total. The van der Waals surface area contributed by atoms with E-state index >= 15 is 0 Å². The average Bonchev–Trinajstić information content (AvgIpc) is 2.57. The van der Waals surface area contributed by atoms with Gasteiger partial charge in [-0.1, -0.05) is 12.1 Å². The first-order valence-corrected chi connectivity index (χ1v) is 8.00. The van der Waals surface area contributed by atoms with Crippen LogP contribution in [0.25, 0.3) is 0 Å². The highest BCUT2D eigenvalue weighted by atomic mass is 19.1. The van der Waals surface area contributed by atoms with Crippen LogP contribution in [-0.2, 0) is 20.9 Å². The quantitative estimate of drug-likeness (QED) is 0.782. The zero-order valence-corrected chi connectivity index (χ0v) is 13.9. The molecule has 1 aliphatic heterocycles. The molecule has 0 aromatic heterocycles. The van der Waals surface area contributed by atoms with Crippen LogP contribution in [0.4, 0.5) is 4.39 Å². The lowest BCUT2D eigenvalue weighted by Gasteiger charge is -2.24. The van der Waals surface area contributed by atoms with Gasteiger partial charge in [-0.25, -0.2) is 9.40 Å². The van der Waals surface area contributed by atoms with E-state index in [1.165, 1.54) is 17.1 Å². The molecule has 25 heavy (non-hydrogen) atoms. The summed E-state index contributed by atoms with van der Waals surface area (Å²) in [6, 6.07) is 5.40. The minimum absolute atomic E-state index is 0.0386. The summed E-state index contributed by atoms with van der Waals surface area (Å²) in [5.74, 6) is -1.91. The van der Waals surface area contributed by atoms with E-state index in [0.717, 1.165) is 0 Å². The van der Waals surface area contributed by atoms with Gasteiger partial charge in [0.15, 0.2) is 0 Å². The number of hydrazone groups is 1. The molecule has 134 valence electrons. The van der Waals surface area contributed by atoms with Crippen LogP contribution in [0.1, 0.15) is 38.2 Å². The molecule has 1 unspecified atom stereocenters. The largest absolute Gasteiger partial charge is 0.481 e. The lowest BCUT2D eigenvalue weighted by atomic mass is 10.1. The van der Waals surface area contributed by atoms with Crippen LogP contribution in [0.5, 0.6) is 0 Å². The topological polar surface area (TPSA) is 99.1 Å². The van der Waals surface area contributed by atoms with Crippen LogP contribution < -0.4 is 5.32 Å². The summed E-state index contributed by atoms with van der Waals surface area (Å²) in [7, 11) is 0. The summed E-state index contributed by atoms with van der Waals surface area (Å²) >= 11 is 0. The van der Waals surface area contributed by atoms with Gasteiger partial charge in [0.25, 0.3) is 5.91 Å². The highest BCUT2D eigenvalue weighted by Gasteiger charge is 2.25. The maximum absolute atomic E-state index is 12.9. The van der Waals surface area contributed by atoms with Gasteiger partial charge in [0.2, 0.25) is 5.91 Å². The van der Waals surface area contributed by atoms with Crippen molar-refractivity contribution in [2.24, 2.45) is 5.10 Å². The Morgan fingerprint density at radius 1 is 1.32 bits per heavy atom. The van der Waals surface area contributed by atoms with Gasteiger partial charge in [0, 0.05) is 25.3 Å². The van der Waals surface area contributed by atoms with Crippen LogP contribution in [0, 0.1) is 5.82 Å². The third kappa shape index (κ3) is 5.66. The van der Waals surface area contributed by atoms with Crippen molar-refractivity contribution in [3.8, 4) is 0 Å². The second-order valence-corrected chi connectivity index (χ2v) is 5.93. The number of amides is 2. The molecule has 1 aromatic rings. The molecule has 0 spiro atoms. The number of hydrogen-bond donors (Lipinski definition) is 2. The van der Waals surface area contributed by atoms with Crippen LogP contribution in [0.2, 0.25) is 0 Å². The van der Waals surface area contributed by atoms with E-state index in [1.54, 1.807) is 19.1 Å². The van der Waals surface area contributed by atoms with Crippen molar-refractivity contribution in [1.82, 2.24) is 10.3 Å². The Bertz CT molecular complexity index is 688. The van der Waals surface area contributed by atoms with Gasteiger partial charge >= 0.3 is 5.97 Å². The number of halogens is 1. The van der Waals surface area contributed by atoms with Crippen molar-refractivity contribution in [3.63, 3.8) is 0 Å². The molecule has 2 amide bonds. The Labute approximate surface area is 144 Å². The smallest absolute Gasteiger partial charge is 0.303 e. The lowest BCUT2D eigenvalue weighted by Crippen LogP contribution is -2.42. The van der Waals surface area contributed by atoms with E-state index in [2.05, 4.69) is 10.4 Å².